The molecule has 0 heterocycles. The fraction of sp³-hybridized carbons (Fsp3) is 0.647. The highest BCUT2D eigenvalue weighted by atomic mass is 16.5. The Morgan fingerprint density at radius 2 is 1.11 bits per heavy atom. The normalized spacial score (nSPS) is 12.3. The number of ether oxygens (including phenoxy) is 1. The Kier molecular flexibility index (Phi) is 14.7. The molecule has 0 saturated heterocycles. The second-order valence-electron chi connectivity index (χ2n) is 11.2. The highest BCUT2D eigenvalue weighted by Crippen LogP contribution is 2.23. The molecule has 0 aliphatic rings. The van der Waals surface area contributed by atoms with E-state index in [1.165, 1.54) is 94.1 Å². The summed E-state index contributed by atoms with van der Waals surface area (Å²) in [6, 6.07) is 18.0. The van der Waals surface area contributed by atoms with Crippen molar-refractivity contribution >= 4 is 5.69 Å². The van der Waals surface area contributed by atoms with Crippen molar-refractivity contribution in [3.63, 3.8) is 0 Å². The first kappa shape index (κ1) is 30.3. The van der Waals surface area contributed by atoms with Crippen molar-refractivity contribution in [3.8, 4) is 5.75 Å². The van der Waals surface area contributed by atoms with Crippen LogP contribution in [-0.2, 0) is 0 Å². The number of rotatable bonds is 19. The van der Waals surface area contributed by atoms with Gasteiger partial charge in [-0.25, -0.2) is 0 Å². The van der Waals surface area contributed by atoms with Crippen LogP contribution >= 0.6 is 0 Å². The molecule has 1 atom stereocenters. The minimum Gasteiger partial charge on any atom is -0.490 e. The van der Waals surface area contributed by atoms with Crippen molar-refractivity contribution in [2.24, 2.45) is 0 Å². The minimum absolute atomic E-state index is 0.341. The lowest BCUT2D eigenvalue weighted by Gasteiger charge is -2.25. The van der Waals surface area contributed by atoms with E-state index in [0.29, 0.717) is 17.9 Å². The molecular formula is C34H55NO. The second kappa shape index (κ2) is 17.5. The Labute approximate surface area is 223 Å². The summed E-state index contributed by atoms with van der Waals surface area (Å²) in [5.74, 6) is 2.19. The number of unbranched alkanes of at least 4 members (excludes halogenated alkanes) is 7. The molecule has 0 saturated carbocycles. The summed E-state index contributed by atoms with van der Waals surface area (Å²) in [5.41, 5.74) is 4.22. The van der Waals surface area contributed by atoms with Crippen LogP contribution < -0.4 is 9.64 Å². The van der Waals surface area contributed by atoms with E-state index in [9.17, 15) is 0 Å². The van der Waals surface area contributed by atoms with Gasteiger partial charge in [-0.15, -0.1) is 0 Å². The minimum atomic E-state index is 0.341. The lowest BCUT2D eigenvalue weighted by molar-refractivity contribution is 0.182. The summed E-state index contributed by atoms with van der Waals surface area (Å²) in [6.45, 7) is 15.9. The van der Waals surface area contributed by atoms with Crippen LogP contribution in [0.4, 0.5) is 5.69 Å². The Morgan fingerprint density at radius 3 is 1.64 bits per heavy atom. The fourth-order valence-corrected chi connectivity index (χ4v) is 4.84. The predicted molar refractivity (Wildman–Crippen MR) is 160 cm³/mol. The van der Waals surface area contributed by atoms with Gasteiger partial charge in [0.25, 0.3) is 0 Å². The molecule has 0 bridgehead atoms. The number of nitrogens with zero attached hydrogens (tertiary/aromatic N) is 1. The number of anilines is 1. The lowest BCUT2D eigenvalue weighted by atomic mass is 10.0. The fourth-order valence-electron chi connectivity index (χ4n) is 4.84. The van der Waals surface area contributed by atoms with E-state index in [0.717, 1.165) is 12.2 Å². The maximum atomic E-state index is 6.27. The van der Waals surface area contributed by atoms with Crippen molar-refractivity contribution < 1.29 is 4.74 Å². The van der Waals surface area contributed by atoms with Crippen LogP contribution in [-0.4, -0.2) is 19.2 Å². The molecule has 0 aliphatic carbocycles. The van der Waals surface area contributed by atoms with Gasteiger partial charge in [0.15, 0.2) is 0 Å². The summed E-state index contributed by atoms with van der Waals surface area (Å²) < 4.78 is 6.27. The van der Waals surface area contributed by atoms with Crippen molar-refractivity contribution in [1.29, 1.82) is 0 Å². The summed E-state index contributed by atoms with van der Waals surface area (Å²) in [6.07, 6.45) is 14.4. The Balaban J connectivity index is 1.64. The van der Waals surface area contributed by atoms with Gasteiger partial charge in [0.05, 0.1) is 6.10 Å². The summed E-state index contributed by atoms with van der Waals surface area (Å²) in [7, 11) is 0. The van der Waals surface area contributed by atoms with E-state index >= 15 is 0 Å². The smallest absolute Gasteiger partial charge is 0.119 e. The Bertz CT molecular complexity index is 793. The molecule has 2 nitrogen and oxygen atoms in total. The quantitative estimate of drug-likeness (QED) is 0.180. The van der Waals surface area contributed by atoms with Crippen LogP contribution in [0.2, 0.25) is 0 Å². The average molecular weight is 494 g/mol. The number of benzene rings is 2. The van der Waals surface area contributed by atoms with Gasteiger partial charge >= 0.3 is 0 Å². The molecule has 0 N–H and O–H groups in total. The Morgan fingerprint density at radius 1 is 0.611 bits per heavy atom. The van der Waals surface area contributed by atoms with E-state index in [2.05, 4.69) is 95.0 Å². The first-order valence-corrected chi connectivity index (χ1v) is 15.1. The largest absolute Gasteiger partial charge is 0.490 e. The predicted octanol–water partition coefficient (Wildman–Crippen LogP) is 10.5. The van der Waals surface area contributed by atoms with Gasteiger partial charge in [0.2, 0.25) is 0 Å². The van der Waals surface area contributed by atoms with Gasteiger partial charge in [-0.3, -0.25) is 0 Å². The van der Waals surface area contributed by atoms with Gasteiger partial charge in [-0.2, -0.15) is 0 Å². The van der Waals surface area contributed by atoms with Crippen LogP contribution in [0, 0.1) is 0 Å². The zero-order valence-electron chi connectivity index (χ0n) is 24.4. The number of hydrogen-bond acceptors (Lipinski definition) is 2. The molecule has 0 fully saturated rings. The van der Waals surface area contributed by atoms with Gasteiger partial charge in [0, 0.05) is 18.8 Å². The molecule has 2 heteroatoms. The molecule has 2 aromatic rings. The summed E-state index contributed by atoms with van der Waals surface area (Å²) in [5, 5.41) is 0. The molecule has 2 rings (SSSR count). The first-order chi connectivity index (χ1) is 17.4. The molecule has 0 spiro atoms. The first-order valence-electron chi connectivity index (χ1n) is 15.1. The van der Waals surface area contributed by atoms with Crippen LogP contribution in [0.15, 0.2) is 48.5 Å². The van der Waals surface area contributed by atoms with Gasteiger partial charge < -0.3 is 9.64 Å². The van der Waals surface area contributed by atoms with Crippen molar-refractivity contribution in [2.45, 2.75) is 130 Å². The van der Waals surface area contributed by atoms with E-state index < -0.39 is 0 Å². The lowest BCUT2D eigenvalue weighted by Crippen LogP contribution is -2.25. The molecule has 36 heavy (non-hydrogen) atoms. The molecule has 202 valence electrons. The molecule has 0 aliphatic heterocycles. The van der Waals surface area contributed by atoms with Crippen molar-refractivity contribution in [2.75, 3.05) is 18.0 Å². The third-order valence-electron chi connectivity index (χ3n) is 7.47. The topological polar surface area (TPSA) is 12.5 Å². The molecular weight excluding hydrogens is 438 g/mol. The van der Waals surface area contributed by atoms with Gasteiger partial charge in [-0.05, 0) is 79.3 Å². The van der Waals surface area contributed by atoms with E-state index in [4.69, 9.17) is 4.74 Å². The SMILES string of the molecule is CCCCCN(CCCCCCCCC(CC)Oc1ccc(C(C)C)cc1)c1ccc(C(C)C)cc1. The summed E-state index contributed by atoms with van der Waals surface area (Å²) >= 11 is 0. The monoisotopic (exact) mass is 493 g/mol. The summed E-state index contributed by atoms with van der Waals surface area (Å²) in [4.78, 5) is 2.62. The van der Waals surface area contributed by atoms with Crippen LogP contribution in [0.5, 0.6) is 5.75 Å². The van der Waals surface area contributed by atoms with Crippen molar-refractivity contribution in [1.82, 2.24) is 0 Å². The molecule has 0 radical (unpaired) electrons. The van der Waals surface area contributed by atoms with Gasteiger partial charge in [-0.1, -0.05) is 104 Å². The molecule has 2 aromatic carbocycles. The van der Waals surface area contributed by atoms with Crippen LogP contribution in [0.3, 0.4) is 0 Å². The van der Waals surface area contributed by atoms with Crippen molar-refractivity contribution in [3.05, 3.63) is 59.7 Å². The molecule has 0 aromatic heterocycles. The highest BCUT2D eigenvalue weighted by molar-refractivity contribution is 5.48. The number of hydrogen-bond donors (Lipinski definition) is 0. The molecule has 0 amide bonds. The third kappa shape index (κ3) is 11.4. The van der Waals surface area contributed by atoms with E-state index in [1.807, 2.05) is 0 Å². The van der Waals surface area contributed by atoms with E-state index in [1.54, 1.807) is 0 Å². The maximum Gasteiger partial charge on any atom is 0.119 e. The average Bonchev–Trinajstić information content (AvgIpc) is 2.88. The van der Waals surface area contributed by atoms with E-state index in [-0.39, 0.29) is 0 Å². The van der Waals surface area contributed by atoms with Gasteiger partial charge in [0.1, 0.15) is 5.75 Å². The third-order valence-corrected chi connectivity index (χ3v) is 7.47. The van der Waals surface area contributed by atoms with Crippen LogP contribution in [0.1, 0.15) is 135 Å². The highest BCUT2D eigenvalue weighted by Gasteiger charge is 2.10. The Hall–Kier alpha value is -1.96. The standard InChI is InChI=1S/C34H55NO/c1-7-9-15-26-35(32-22-18-30(19-23-32)28(3)4)27-16-13-11-10-12-14-17-33(8-2)36-34-24-20-31(21-25-34)29(5)6/h18-25,28-29,33H,7-17,26-27H2,1-6H3. The zero-order valence-corrected chi connectivity index (χ0v) is 24.4. The van der Waals surface area contributed by atoms with Crippen LogP contribution in [0.25, 0.3) is 0 Å². The second-order valence-corrected chi connectivity index (χ2v) is 11.2. The zero-order chi connectivity index (χ0) is 26.2. The molecule has 1 unspecified atom stereocenters. The maximum absolute atomic E-state index is 6.27.